The van der Waals surface area contributed by atoms with Gasteiger partial charge < -0.3 is 5.32 Å². The van der Waals surface area contributed by atoms with Crippen molar-refractivity contribution in [3.8, 4) is 0 Å². The Balaban J connectivity index is 2.34. The van der Waals surface area contributed by atoms with Gasteiger partial charge in [-0.05, 0) is 18.2 Å². The van der Waals surface area contributed by atoms with Gasteiger partial charge in [-0.25, -0.2) is 13.8 Å². The fourth-order valence-corrected chi connectivity index (χ4v) is 1.73. The molecule has 0 saturated heterocycles. The van der Waals surface area contributed by atoms with Crippen molar-refractivity contribution < 1.29 is 13.6 Å². The van der Waals surface area contributed by atoms with Crippen molar-refractivity contribution in [2.24, 2.45) is 0 Å². The number of hydrogen-bond donors (Lipinski definition) is 1. The molecule has 1 aromatic carbocycles. The Morgan fingerprint density at radius 1 is 1.21 bits per heavy atom. The molecule has 7 heteroatoms. The number of carbonyl (C=O) groups is 1. The van der Waals surface area contributed by atoms with Crippen LogP contribution in [0.25, 0.3) is 0 Å². The average molecular weight is 303 g/mol. The quantitative estimate of drug-likeness (QED) is 0.854. The van der Waals surface area contributed by atoms with Gasteiger partial charge in [0.1, 0.15) is 22.5 Å². The first kappa shape index (κ1) is 13.7. The number of para-hydroxylation sites is 1. The lowest BCUT2D eigenvalue weighted by Gasteiger charge is -2.08. The fraction of sp³-hybridized carbons (Fsp3) is 0. The number of benzene rings is 1. The molecule has 0 aliphatic heterocycles. The molecule has 0 atom stereocenters. The molecule has 0 aliphatic carbocycles. The first-order valence-electron chi connectivity index (χ1n) is 5.05. The van der Waals surface area contributed by atoms with Gasteiger partial charge in [0.05, 0.1) is 10.6 Å². The second kappa shape index (κ2) is 5.50. The summed E-state index contributed by atoms with van der Waals surface area (Å²) >= 11 is 11.4. The van der Waals surface area contributed by atoms with E-state index in [9.17, 15) is 13.6 Å². The summed E-state index contributed by atoms with van der Waals surface area (Å²) in [6, 6.07) is 4.45. The molecule has 19 heavy (non-hydrogen) atoms. The van der Waals surface area contributed by atoms with Crippen molar-refractivity contribution in [1.82, 2.24) is 4.98 Å². The summed E-state index contributed by atoms with van der Waals surface area (Å²) in [7, 11) is 0. The largest absolute Gasteiger partial charge is 0.317 e. The van der Waals surface area contributed by atoms with E-state index in [1.165, 1.54) is 18.3 Å². The van der Waals surface area contributed by atoms with Gasteiger partial charge in [-0.1, -0.05) is 29.3 Å². The van der Waals surface area contributed by atoms with Crippen LogP contribution in [0.2, 0.25) is 10.2 Å². The Hall–Kier alpha value is -1.72. The summed E-state index contributed by atoms with van der Waals surface area (Å²) < 4.78 is 26.8. The monoisotopic (exact) mass is 302 g/mol. The molecule has 1 aromatic heterocycles. The van der Waals surface area contributed by atoms with E-state index in [2.05, 4.69) is 10.3 Å². The minimum Gasteiger partial charge on any atom is -0.317 e. The van der Waals surface area contributed by atoms with E-state index in [0.29, 0.717) is 0 Å². The zero-order valence-corrected chi connectivity index (χ0v) is 10.8. The zero-order valence-electron chi connectivity index (χ0n) is 9.25. The second-order valence-electron chi connectivity index (χ2n) is 3.54. The third-order valence-corrected chi connectivity index (χ3v) is 2.78. The van der Waals surface area contributed by atoms with E-state index < -0.39 is 23.2 Å². The SMILES string of the molecule is O=C(Nc1c(F)cccc1F)c1cc(Cl)ncc1Cl. The van der Waals surface area contributed by atoms with Gasteiger partial charge in [0.2, 0.25) is 0 Å². The molecule has 3 nitrogen and oxygen atoms in total. The minimum atomic E-state index is -0.885. The molecule has 98 valence electrons. The van der Waals surface area contributed by atoms with Crippen molar-refractivity contribution in [3.63, 3.8) is 0 Å². The van der Waals surface area contributed by atoms with Crippen LogP contribution < -0.4 is 5.32 Å². The highest BCUT2D eigenvalue weighted by Crippen LogP contribution is 2.22. The highest BCUT2D eigenvalue weighted by atomic mass is 35.5. The van der Waals surface area contributed by atoms with E-state index in [0.717, 1.165) is 12.1 Å². The number of carbonyl (C=O) groups excluding carboxylic acids is 1. The highest BCUT2D eigenvalue weighted by Gasteiger charge is 2.16. The number of nitrogens with one attached hydrogen (secondary N) is 1. The van der Waals surface area contributed by atoms with Crippen molar-refractivity contribution in [3.05, 3.63) is 57.8 Å². The Labute approximate surface area is 117 Å². The van der Waals surface area contributed by atoms with Crippen LogP contribution >= 0.6 is 23.2 Å². The Morgan fingerprint density at radius 2 is 1.84 bits per heavy atom. The Bertz CT molecular complexity index is 629. The van der Waals surface area contributed by atoms with E-state index in [-0.39, 0.29) is 15.7 Å². The number of pyridine rings is 1. The van der Waals surface area contributed by atoms with E-state index >= 15 is 0 Å². The first-order valence-corrected chi connectivity index (χ1v) is 5.81. The van der Waals surface area contributed by atoms with Crippen LogP contribution in [0.5, 0.6) is 0 Å². The van der Waals surface area contributed by atoms with Crippen LogP contribution in [0.3, 0.4) is 0 Å². The first-order chi connectivity index (χ1) is 8.99. The lowest BCUT2D eigenvalue weighted by Crippen LogP contribution is -2.15. The summed E-state index contributed by atoms with van der Waals surface area (Å²) in [5.41, 5.74) is -0.569. The molecule has 1 N–H and O–H groups in total. The molecule has 2 aromatic rings. The van der Waals surface area contributed by atoms with Crippen LogP contribution in [-0.4, -0.2) is 10.9 Å². The van der Waals surface area contributed by atoms with Gasteiger partial charge in [0, 0.05) is 6.20 Å². The predicted octanol–water partition coefficient (Wildman–Crippen LogP) is 3.92. The summed E-state index contributed by atoms with van der Waals surface area (Å²) in [4.78, 5) is 15.5. The Kier molecular flexibility index (Phi) is 3.97. The van der Waals surface area contributed by atoms with Crippen LogP contribution in [0.1, 0.15) is 10.4 Å². The maximum Gasteiger partial charge on any atom is 0.257 e. The standard InChI is InChI=1S/C12H6Cl2F2N2O/c13-7-5-17-10(14)4-6(7)12(19)18-11-8(15)2-1-3-9(11)16/h1-5H,(H,18,19). The molecule has 1 amide bonds. The summed E-state index contributed by atoms with van der Waals surface area (Å²) in [6.45, 7) is 0. The fourth-order valence-electron chi connectivity index (χ4n) is 1.39. The smallest absolute Gasteiger partial charge is 0.257 e. The van der Waals surface area contributed by atoms with Gasteiger partial charge >= 0.3 is 0 Å². The van der Waals surface area contributed by atoms with Crippen LogP contribution in [0, 0.1) is 11.6 Å². The van der Waals surface area contributed by atoms with E-state index in [4.69, 9.17) is 23.2 Å². The van der Waals surface area contributed by atoms with E-state index in [1.807, 2.05) is 0 Å². The number of rotatable bonds is 2. The second-order valence-corrected chi connectivity index (χ2v) is 4.33. The molecular weight excluding hydrogens is 297 g/mol. The van der Waals surface area contributed by atoms with Gasteiger partial charge in [-0.2, -0.15) is 0 Å². The molecule has 0 unspecified atom stereocenters. The number of amides is 1. The lowest BCUT2D eigenvalue weighted by atomic mass is 10.2. The number of nitrogens with zero attached hydrogens (tertiary/aromatic N) is 1. The normalized spacial score (nSPS) is 10.3. The molecule has 0 radical (unpaired) electrons. The Morgan fingerprint density at radius 3 is 2.47 bits per heavy atom. The third kappa shape index (κ3) is 3.00. The molecule has 0 fully saturated rings. The molecule has 0 bridgehead atoms. The number of halogens is 4. The highest BCUT2D eigenvalue weighted by molar-refractivity contribution is 6.35. The van der Waals surface area contributed by atoms with Gasteiger partial charge in [-0.3, -0.25) is 4.79 Å². The van der Waals surface area contributed by atoms with Crippen molar-refractivity contribution in [1.29, 1.82) is 0 Å². The maximum absolute atomic E-state index is 13.4. The number of aromatic nitrogens is 1. The van der Waals surface area contributed by atoms with Crippen molar-refractivity contribution in [2.75, 3.05) is 5.32 Å². The van der Waals surface area contributed by atoms with Crippen molar-refractivity contribution >= 4 is 34.8 Å². The van der Waals surface area contributed by atoms with Gasteiger partial charge in [-0.15, -0.1) is 0 Å². The summed E-state index contributed by atoms with van der Waals surface area (Å²) in [5, 5.41) is 2.17. The predicted molar refractivity (Wildman–Crippen MR) is 68.6 cm³/mol. The number of hydrogen-bond acceptors (Lipinski definition) is 2. The van der Waals surface area contributed by atoms with Crippen LogP contribution in [0.4, 0.5) is 14.5 Å². The van der Waals surface area contributed by atoms with Crippen LogP contribution in [-0.2, 0) is 0 Å². The topological polar surface area (TPSA) is 42.0 Å². The van der Waals surface area contributed by atoms with Gasteiger partial charge in [0.15, 0.2) is 0 Å². The minimum absolute atomic E-state index is 0.0238. The number of anilines is 1. The maximum atomic E-state index is 13.4. The molecular formula is C12H6Cl2F2N2O. The van der Waals surface area contributed by atoms with Crippen molar-refractivity contribution in [2.45, 2.75) is 0 Å². The van der Waals surface area contributed by atoms with Gasteiger partial charge in [0.25, 0.3) is 5.91 Å². The lowest BCUT2D eigenvalue weighted by molar-refractivity contribution is 0.102. The summed E-state index contributed by atoms with van der Waals surface area (Å²) in [5.74, 6) is -2.55. The average Bonchev–Trinajstić information content (AvgIpc) is 2.37. The van der Waals surface area contributed by atoms with Crippen LogP contribution in [0.15, 0.2) is 30.5 Å². The molecule has 1 heterocycles. The zero-order chi connectivity index (χ0) is 14.0. The molecule has 0 aliphatic rings. The molecule has 2 rings (SSSR count). The summed E-state index contributed by atoms with van der Waals surface area (Å²) in [6.07, 6.45) is 1.18. The third-order valence-electron chi connectivity index (χ3n) is 2.27. The molecule has 0 spiro atoms. The molecule has 0 saturated carbocycles. The van der Waals surface area contributed by atoms with E-state index in [1.54, 1.807) is 0 Å².